The zero-order chi connectivity index (χ0) is 78.1. The maximum absolute atomic E-state index is 14.4. The lowest BCUT2D eigenvalue weighted by Gasteiger charge is -2.38. The van der Waals surface area contributed by atoms with Crippen LogP contribution in [0.3, 0.4) is 0 Å². The van der Waals surface area contributed by atoms with Gasteiger partial charge in [0.2, 0.25) is 24.0 Å². The number of imide groups is 1. The van der Waals surface area contributed by atoms with Crippen molar-refractivity contribution in [2.24, 2.45) is 5.92 Å². The molecule has 11 atom stereocenters. The van der Waals surface area contributed by atoms with Gasteiger partial charge in [-0.15, -0.1) is 0 Å². The van der Waals surface area contributed by atoms with Crippen LogP contribution in [0.25, 0.3) is 0 Å². The lowest BCUT2D eigenvalue weighted by atomic mass is 9.99. The summed E-state index contributed by atoms with van der Waals surface area (Å²) in [6.07, 6.45) is -6.91. The number of carboxylic acid groups (broad SMARTS) is 1. The molecular formula is C73H85N9O26. The van der Waals surface area contributed by atoms with Crippen molar-refractivity contribution in [3.8, 4) is 28.7 Å². The predicted octanol–water partition coefficient (Wildman–Crippen LogP) is 4.77. The van der Waals surface area contributed by atoms with Crippen LogP contribution < -0.4 is 49.4 Å². The molecule has 0 saturated carbocycles. The highest BCUT2D eigenvalue weighted by Crippen LogP contribution is 2.45. The Morgan fingerprint density at radius 1 is 0.620 bits per heavy atom. The third-order valence-corrected chi connectivity index (χ3v) is 18.8. The van der Waals surface area contributed by atoms with Gasteiger partial charge in [0.15, 0.2) is 47.3 Å². The van der Waals surface area contributed by atoms with Crippen LogP contribution in [0.1, 0.15) is 124 Å². The highest BCUT2D eigenvalue weighted by molar-refractivity contribution is 6.13. The number of ether oxygens (including phenoxy) is 8. The third-order valence-electron chi connectivity index (χ3n) is 18.8. The van der Waals surface area contributed by atoms with E-state index in [-0.39, 0.29) is 120 Å². The fourth-order valence-electron chi connectivity index (χ4n) is 13.1. The lowest BCUT2D eigenvalue weighted by Crippen LogP contribution is -2.61. The second kappa shape index (κ2) is 34.5. The fourth-order valence-corrected chi connectivity index (χ4v) is 13.1. The summed E-state index contributed by atoms with van der Waals surface area (Å²) in [5.41, 5.74) is 1.26. The average molecular weight is 1500 g/mol. The molecular weight excluding hydrogens is 1420 g/mol. The SMILES string of the molecule is COc1cc2c(cc1OCCCCCOc1cc3c(cc1OC)C(=O)N1C=C(C)C[C@H]1[C@H](O)N3C(=O)OCc1ccc(O[C@@H]3O[C@H](C(=O)O)[C@@H](O)[C@H](O)[C@H]3O)c([N+](=O)[O-])c1)N(C(=O)OCc1ccc(NC(=O)[C@H](C)NC(=O)[C@@H](NC(=O)CCCCCN3C(=O)C=CC3=O)C(C)C)cc1)[C@@H](O)[C@@H]1CC(C)=CN1C2=O. The molecule has 1 fully saturated rings. The predicted molar refractivity (Wildman–Crippen MR) is 377 cm³/mol. The van der Waals surface area contributed by atoms with E-state index in [1.54, 1.807) is 64.4 Å². The van der Waals surface area contributed by atoms with Crippen molar-refractivity contribution >= 4 is 82.3 Å². The third kappa shape index (κ3) is 17.7. The summed E-state index contributed by atoms with van der Waals surface area (Å²) in [5.74, 6) is -5.60. The Balaban J connectivity index is 0.744. The molecule has 1 saturated heterocycles. The van der Waals surface area contributed by atoms with E-state index in [1.807, 2.05) is 0 Å². The Labute approximate surface area is 618 Å². The van der Waals surface area contributed by atoms with Crippen LogP contribution in [-0.4, -0.2) is 211 Å². The van der Waals surface area contributed by atoms with Gasteiger partial charge in [-0.2, -0.15) is 0 Å². The van der Waals surface area contributed by atoms with Crippen LogP contribution in [0.5, 0.6) is 28.7 Å². The van der Waals surface area contributed by atoms with Crippen molar-refractivity contribution in [3.05, 3.63) is 135 Å². The van der Waals surface area contributed by atoms with Crippen LogP contribution in [0.4, 0.5) is 32.3 Å². The molecule has 108 heavy (non-hydrogen) atoms. The number of fused-ring (bicyclic) bond motifs is 4. The Kier molecular flexibility index (Phi) is 25.4. The Morgan fingerprint density at radius 3 is 1.65 bits per heavy atom. The second-order valence-corrected chi connectivity index (χ2v) is 27.0. The number of nitrogens with one attached hydrogen (secondary N) is 3. The van der Waals surface area contributed by atoms with E-state index < -0.39 is 132 Å². The molecule has 0 spiro atoms. The summed E-state index contributed by atoms with van der Waals surface area (Å²) in [6, 6.07) is 11.1. The molecule has 0 aromatic heterocycles. The number of unbranched alkanes of at least 4 members (excludes halogenated alkanes) is 4. The summed E-state index contributed by atoms with van der Waals surface area (Å²) in [5, 5.41) is 84.7. The fraction of sp³-hybridized carbons (Fsp3) is 0.452. The van der Waals surface area contributed by atoms with Crippen molar-refractivity contribution in [1.82, 2.24) is 25.3 Å². The zero-order valence-electron chi connectivity index (χ0n) is 60.0. The number of anilines is 3. The minimum absolute atomic E-state index is 0.00478. The first-order valence-corrected chi connectivity index (χ1v) is 34.9. The zero-order valence-corrected chi connectivity index (χ0v) is 60.0. The molecule has 9 N–H and O–H groups in total. The second-order valence-electron chi connectivity index (χ2n) is 27.0. The van der Waals surface area contributed by atoms with Gasteiger partial charge in [0.1, 0.15) is 43.6 Å². The molecule has 4 aromatic rings. The van der Waals surface area contributed by atoms with Crippen LogP contribution in [0.2, 0.25) is 0 Å². The quantitative estimate of drug-likeness (QED) is 0.0147. The number of carboxylic acids is 1. The van der Waals surface area contributed by atoms with Gasteiger partial charge in [0.05, 0.1) is 66.9 Å². The van der Waals surface area contributed by atoms with Crippen molar-refractivity contribution in [2.45, 2.75) is 173 Å². The van der Waals surface area contributed by atoms with Crippen molar-refractivity contribution in [1.29, 1.82) is 0 Å². The molecule has 6 heterocycles. The standard InChI is InChI=1S/C73H85N9O26/c1-37(2)59(76-56(83)14-10-8-11-23-77-57(84)21-22-58(77)85)65(90)74-40(5)64(89)75-43-18-15-41(16-19-43)35-105-72(97)80-46-31-54(52(101-6)29-44(46)66(91)78-33-38(3)26-49(78)68(80)93)103-24-12-9-13-25-104-55-32-47-45(30-53(55)102-7)67(92)79-34-39(4)27-50(79)69(94)81(47)73(98)106-36-42-17-20-51(48(28-42)82(99)100)107-71-62(88)60(86)61(87)63(108-71)70(95)96/h15-22,28-34,37,40,49-50,59-63,68-69,71,86-88,93-94H,8-14,23-27,35-36H2,1-7H3,(H,74,90)(H,75,89)(H,76,83)(H,95,96)/t40-,49-,50-,59-,60-,61-,62+,63-,68-,69-,71+/m0/s1. The van der Waals surface area contributed by atoms with Gasteiger partial charge < -0.3 is 94.3 Å². The topological polar surface area (TPSA) is 461 Å². The highest BCUT2D eigenvalue weighted by atomic mass is 16.7. The van der Waals surface area contributed by atoms with Gasteiger partial charge in [0.25, 0.3) is 23.6 Å². The maximum Gasteiger partial charge on any atom is 0.416 e. The van der Waals surface area contributed by atoms with Crippen LogP contribution in [0.15, 0.2) is 102 Å². The van der Waals surface area contributed by atoms with Crippen molar-refractivity contribution < 1.29 is 121 Å². The monoisotopic (exact) mass is 1500 g/mol. The highest BCUT2D eigenvalue weighted by Gasteiger charge is 2.50. The van der Waals surface area contributed by atoms with E-state index in [0.29, 0.717) is 55.3 Å². The number of aliphatic hydroxyl groups is 5. The molecule has 10 rings (SSSR count). The molecule has 0 bridgehead atoms. The number of amides is 9. The maximum atomic E-state index is 14.4. The Hall–Kier alpha value is -11.2. The molecule has 0 aliphatic carbocycles. The molecule has 6 aliphatic heterocycles. The molecule has 35 heteroatoms. The van der Waals surface area contributed by atoms with Gasteiger partial charge in [-0.05, 0) is 113 Å². The summed E-state index contributed by atoms with van der Waals surface area (Å²) in [7, 11) is 2.71. The Bertz CT molecular complexity index is 4220. The minimum Gasteiger partial charge on any atom is -0.493 e. The first kappa shape index (κ1) is 79.3. The smallest absolute Gasteiger partial charge is 0.416 e. The van der Waals surface area contributed by atoms with Crippen molar-refractivity contribution in [3.63, 3.8) is 0 Å². The molecule has 4 aromatic carbocycles. The van der Waals surface area contributed by atoms with E-state index in [2.05, 4.69) is 16.0 Å². The molecule has 0 radical (unpaired) electrons. The lowest BCUT2D eigenvalue weighted by molar-refractivity contribution is -0.387. The van der Waals surface area contributed by atoms with Gasteiger partial charge in [-0.25, -0.2) is 24.2 Å². The van der Waals surface area contributed by atoms with Gasteiger partial charge in [0, 0.05) is 61.4 Å². The summed E-state index contributed by atoms with van der Waals surface area (Å²) in [6.45, 7) is 7.86. The van der Waals surface area contributed by atoms with E-state index in [4.69, 9.17) is 37.9 Å². The molecule has 6 aliphatic rings. The van der Waals surface area contributed by atoms with E-state index in [9.17, 15) is 88.7 Å². The summed E-state index contributed by atoms with van der Waals surface area (Å²) < 4.78 is 45.8. The molecule has 9 amide bonds. The molecule has 578 valence electrons. The first-order valence-electron chi connectivity index (χ1n) is 34.9. The number of nitrogens with zero attached hydrogens (tertiary/aromatic N) is 6. The number of carbonyl (C=O) groups excluding carboxylic acids is 9. The van der Waals surface area contributed by atoms with Crippen molar-refractivity contribution in [2.75, 3.05) is 49.1 Å². The van der Waals surface area contributed by atoms with Crippen LogP contribution in [-0.2, 0) is 56.2 Å². The number of benzene rings is 4. The van der Waals surface area contributed by atoms with Gasteiger partial charge in [-0.1, -0.05) is 49.6 Å². The number of aliphatic hydroxyl groups excluding tert-OH is 5. The normalized spacial score (nSPS) is 22.0. The van der Waals surface area contributed by atoms with Gasteiger partial charge >= 0.3 is 23.8 Å². The molecule has 35 nitrogen and oxygen atoms in total. The molecule has 0 unspecified atom stereocenters. The number of rotatable bonds is 30. The number of carbonyl (C=O) groups is 10. The van der Waals surface area contributed by atoms with E-state index >= 15 is 0 Å². The summed E-state index contributed by atoms with van der Waals surface area (Å²) in [4.78, 5) is 149. The van der Waals surface area contributed by atoms with Crippen LogP contribution in [0, 0.1) is 16.0 Å². The largest absolute Gasteiger partial charge is 0.493 e. The number of hydrogen-bond donors (Lipinski definition) is 9. The summed E-state index contributed by atoms with van der Waals surface area (Å²) >= 11 is 0. The Morgan fingerprint density at radius 2 is 1.14 bits per heavy atom. The van der Waals surface area contributed by atoms with E-state index in [1.165, 1.54) is 73.4 Å². The number of nitro groups is 1. The van der Waals surface area contributed by atoms with E-state index in [0.717, 1.165) is 32.4 Å². The minimum atomic E-state index is -2.07. The van der Waals surface area contributed by atoms with Gasteiger partial charge in [-0.3, -0.25) is 48.6 Å². The first-order chi connectivity index (χ1) is 51.5. The number of methoxy groups -OCH3 is 2. The average Bonchev–Trinajstić information content (AvgIpc) is 1.59. The van der Waals surface area contributed by atoms with Crippen LogP contribution >= 0.6 is 0 Å². The number of aliphatic carboxylic acids is 1. The number of nitro benzene ring substituents is 1. The number of hydrogen-bond acceptors (Lipinski definition) is 25.